The molecule has 0 fully saturated rings. The maximum absolute atomic E-state index is 12.1. The van der Waals surface area contributed by atoms with Crippen LogP contribution in [0.5, 0.6) is 5.75 Å². The summed E-state index contributed by atoms with van der Waals surface area (Å²) >= 11 is 0. The van der Waals surface area contributed by atoms with Crippen LogP contribution in [-0.4, -0.2) is 11.0 Å². The molecule has 0 radical (unpaired) electrons. The van der Waals surface area contributed by atoms with Gasteiger partial charge in [0.1, 0.15) is 17.4 Å². The lowest BCUT2D eigenvalue weighted by molar-refractivity contribution is -0.112. The van der Waals surface area contributed by atoms with E-state index in [1.807, 2.05) is 38.1 Å². The van der Waals surface area contributed by atoms with Gasteiger partial charge in [0.25, 0.3) is 5.91 Å². The molecule has 0 aromatic heterocycles. The third kappa shape index (κ3) is 4.35. The fourth-order valence-electron chi connectivity index (χ4n) is 2.02. The molecule has 1 amide bonds. The summed E-state index contributed by atoms with van der Waals surface area (Å²) in [7, 11) is 0. The van der Waals surface area contributed by atoms with E-state index in [9.17, 15) is 9.90 Å². The monoisotopic (exact) mass is 307 g/mol. The van der Waals surface area contributed by atoms with Crippen molar-refractivity contribution in [1.82, 2.24) is 0 Å². The first-order chi connectivity index (χ1) is 11.0. The molecule has 23 heavy (non-hydrogen) atoms. The third-order valence-electron chi connectivity index (χ3n) is 3.24. The second-order valence-corrected chi connectivity index (χ2v) is 5.13. The summed E-state index contributed by atoms with van der Waals surface area (Å²) in [5.41, 5.74) is 3.46. The predicted molar refractivity (Wildman–Crippen MR) is 90.0 cm³/mol. The van der Waals surface area contributed by atoms with Gasteiger partial charge in [-0.3, -0.25) is 4.79 Å². The van der Waals surface area contributed by atoms with Crippen LogP contribution in [0.15, 0.2) is 54.2 Å². The molecule has 2 aromatic carbocycles. The summed E-state index contributed by atoms with van der Waals surface area (Å²) in [6, 6.07) is 13.8. The van der Waals surface area contributed by atoms with E-state index < -0.39 is 5.91 Å². The smallest absolute Gasteiger partial charge is 0.267 e. The summed E-state index contributed by atoms with van der Waals surface area (Å²) in [5, 5.41) is 23.9. The van der Waals surface area contributed by atoms with E-state index in [1.54, 1.807) is 12.1 Å². The largest absolute Gasteiger partial charge is 0.508 e. The third-order valence-corrected chi connectivity index (χ3v) is 3.24. The number of aryl methyl sites for hydroxylation is 2. The molecule has 0 heterocycles. The van der Waals surface area contributed by atoms with E-state index in [4.69, 9.17) is 5.26 Å². The van der Waals surface area contributed by atoms with E-state index in [0.29, 0.717) is 5.69 Å². The van der Waals surface area contributed by atoms with Crippen molar-refractivity contribution >= 4 is 17.3 Å². The second kappa shape index (κ2) is 7.14. The molecular weight excluding hydrogens is 290 g/mol. The highest BCUT2D eigenvalue weighted by Gasteiger charge is 2.09. The van der Waals surface area contributed by atoms with Crippen LogP contribution >= 0.6 is 0 Å². The summed E-state index contributed by atoms with van der Waals surface area (Å²) < 4.78 is 0. The molecule has 116 valence electrons. The lowest BCUT2D eigenvalue weighted by Crippen LogP contribution is -2.14. The number of aromatic hydroxyl groups is 1. The highest BCUT2D eigenvalue weighted by atomic mass is 16.3. The molecule has 2 rings (SSSR count). The lowest BCUT2D eigenvalue weighted by atomic mass is 10.1. The average molecular weight is 307 g/mol. The molecular formula is C18H17N3O2. The number of carbonyl (C=O) groups excluding carboxylic acids is 1. The first kappa shape index (κ1) is 16.1. The van der Waals surface area contributed by atoms with Crippen LogP contribution in [0.4, 0.5) is 11.4 Å². The number of phenolic OH excluding ortho intramolecular Hbond substituents is 1. The Morgan fingerprint density at radius 2 is 1.87 bits per heavy atom. The summed E-state index contributed by atoms with van der Waals surface area (Å²) in [4.78, 5) is 12.1. The van der Waals surface area contributed by atoms with Crippen molar-refractivity contribution in [2.45, 2.75) is 13.8 Å². The van der Waals surface area contributed by atoms with Crippen molar-refractivity contribution < 1.29 is 9.90 Å². The quantitative estimate of drug-likeness (QED) is 0.459. The minimum absolute atomic E-state index is 0.0435. The minimum atomic E-state index is -0.518. The molecule has 0 aliphatic carbocycles. The zero-order chi connectivity index (χ0) is 16.8. The van der Waals surface area contributed by atoms with Crippen LogP contribution in [-0.2, 0) is 4.79 Å². The topological polar surface area (TPSA) is 85.2 Å². The van der Waals surface area contributed by atoms with E-state index in [2.05, 4.69) is 10.6 Å². The number of anilines is 2. The molecule has 0 saturated carbocycles. The Morgan fingerprint density at radius 3 is 2.48 bits per heavy atom. The first-order valence-electron chi connectivity index (χ1n) is 7.04. The highest BCUT2D eigenvalue weighted by Crippen LogP contribution is 2.17. The fraction of sp³-hybridized carbons (Fsp3) is 0.111. The molecule has 0 saturated heterocycles. The van der Waals surface area contributed by atoms with Crippen LogP contribution in [0.1, 0.15) is 11.1 Å². The molecule has 5 heteroatoms. The van der Waals surface area contributed by atoms with Gasteiger partial charge in [-0.05, 0) is 49.7 Å². The maximum Gasteiger partial charge on any atom is 0.267 e. The normalized spacial score (nSPS) is 10.7. The van der Waals surface area contributed by atoms with Gasteiger partial charge < -0.3 is 15.7 Å². The van der Waals surface area contributed by atoms with Gasteiger partial charge in [0.15, 0.2) is 0 Å². The zero-order valence-electron chi connectivity index (χ0n) is 12.9. The van der Waals surface area contributed by atoms with Crippen LogP contribution in [0, 0.1) is 25.2 Å². The summed E-state index contributed by atoms with van der Waals surface area (Å²) in [6.07, 6.45) is 1.38. The van der Waals surface area contributed by atoms with Crippen molar-refractivity contribution in [2.75, 3.05) is 10.6 Å². The van der Waals surface area contributed by atoms with Crippen molar-refractivity contribution in [3.8, 4) is 11.8 Å². The van der Waals surface area contributed by atoms with Gasteiger partial charge in [0, 0.05) is 17.6 Å². The molecule has 0 atom stereocenters. The number of phenols is 1. The van der Waals surface area contributed by atoms with Crippen molar-refractivity contribution in [3.05, 3.63) is 65.4 Å². The number of hydrogen-bond acceptors (Lipinski definition) is 4. The van der Waals surface area contributed by atoms with Crippen LogP contribution in [0.2, 0.25) is 0 Å². The summed E-state index contributed by atoms with van der Waals surface area (Å²) in [6.45, 7) is 3.95. The Labute approximate surface area is 134 Å². The van der Waals surface area contributed by atoms with E-state index in [1.165, 1.54) is 18.3 Å². The minimum Gasteiger partial charge on any atom is -0.508 e. The number of carbonyl (C=O) groups is 1. The SMILES string of the molecule is Cc1ccc(N/C=C(/C#N)C(=O)Nc2ccc(O)cc2)c(C)c1. The molecule has 5 nitrogen and oxygen atoms in total. The van der Waals surface area contributed by atoms with Crippen LogP contribution in [0.3, 0.4) is 0 Å². The van der Waals surface area contributed by atoms with Gasteiger partial charge in [-0.1, -0.05) is 17.7 Å². The Bertz CT molecular complexity index is 787. The van der Waals surface area contributed by atoms with Gasteiger partial charge >= 0.3 is 0 Å². The number of nitrogens with one attached hydrogen (secondary N) is 2. The zero-order valence-corrected chi connectivity index (χ0v) is 12.9. The Hall–Kier alpha value is -3.26. The number of amides is 1. The number of rotatable bonds is 4. The fourth-order valence-corrected chi connectivity index (χ4v) is 2.02. The van der Waals surface area contributed by atoms with Gasteiger partial charge in [-0.15, -0.1) is 0 Å². The molecule has 0 spiro atoms. The number of nitrogens with zero attached hydrogens (tertiary/aromatic N) is 1. The highest BCUT2D eigenvalue weighted by molar-refractivity contribution is 6.06. The number of benzene rings is 2. The maximum atomic E-state index is 12.1. The predicted octanol–water partition coefficient (Wildman–Crippen LogP) is 3.47. The Morgan fingerprint density at radius 1 is 1.17 bits per heavy atom. The molecule has 3 N–H and O–H groups in total. The van der Waals surface area contributed by atoms with E-state index >= 15 is 0 Å². The second-order valence-electron chi connectivity index (χ2n) is 5.13. The molecule has 0 aliphatic heterocycles. The average Bonchev–Trinajstić information content (AvgIpc) is 2.52. The number of nitriles is 1. The van der Waals surface area contributed by atoms with Gasteiger partial charge in [0.05, 0.1) is 0 Å². The Balaban J connectivity index is 2.10. The van der Waals surface area contributed by atoms with Crippen molar-refractivity contribution in [2.24, 2.45) is 0 Å². The van der Waals surface area contributed by atoms with E-state index in [0.717, 1.165) is 16.8 Å². The summed E-state index contributed by atoms with van der Waals surface area (Å²) in [5.74, 6) is -0.411. The lowest BCUT2D eigenvalue weighted by Gasteiger charge is -2.08. The Kier molecular flexibility index (Phi) is 5.00. The van der Waals surface area contributed by atoms with E-state index in [-0.39, 0.29) is 11.3 Å². The molecule has 2 aromatic rings. The van der Waals surface area contributed by atoms with Gasteiger partial charge in [0.2, 0.25) is 0 Å². The molecule has 0 bridgehead atoms. The van der Waals surface area contributed by atoms with Gasteiger partial charge in [-0.25, -0.2) is 0 Å². The number of hydrogen-bond donors (Lipinski definition) is 3. The van der Waals surface area contributed by atoms with Crippen molar-refractivity contribution in [1.29, 1.82) is 5.26 Å². The van der Waals surface area contributed by atoms with Gasteiger partial charge in [-0.2, -0.15) is 5.26 Å². The van der Waals surface area contributed by atoms with Crippen LogP contribution in [0.25, 0.3) is 0 Å². The molecule has 0 aliphatic rings. The van der Waals surface area contributed by atoms with Crippen molar-refractivity contribution in [3.63, 3.8) is 0 Å². The first-order valence-corrected chi connectivity index (χ1v) is 7.04. The van der Waals surface area contributed by atoms with Crippen LogP contribution < -0.4 is 10.6 Å². The standard InChI is InChI=1S/C18H17N3O2/c1-12-3-8-17(13(2)9-12)20-11-14(10-19)18(23)21-15-4-6-16(22)7-5-15/h3-9,11,20,22H,1-2H3,(H,21,23)/b14-11-. The molecule has 0 unspecified atom stereocenters.